The van der Waals surface area contributed by atoms with E-state index in [0.717, 1.165) is 10.2 Å². The topological polar surface area (TPSA) is 55.1 Å². The minimum Gasteiger partial charge on any atom is -0.338 e. The summed E-state index contributed by atoms with van der Waals surface area (Å²) in [7, 11) is 0. The summed E-state index contributed by atoms with van der Waals surface area (Å²) in [5.74, 6) is 0.133. The normalized spacial score (nSPS) is 10.1. The molecule has 1 heterocycles. The van der Waals surface area contributed by atoms with Crippen LogP contribution in [0.3, 0.4) is 0 Å². The van der Waals surface area contributed by atoms with E-state index < -0.39 is 0 Å². The minimum absolute atomic E-state index is 0.219. The zero-order chi connectivity index (χ0) is 11.5. The molecule has 4 nitrogen and oxygen atoms in total. The van der Waals surface area contributed by atoms with Crippen LogP contribution in [0.15, 0.2) is 39.3 Å². The van der Waals surface area contributed by atoms with Crippen LogP contribution in [0.5, 0.6) is 0 Å². The SMILES string of the molecule is Cc1cc(NC(=O)c2ccc(Br)cc2)on1. The lowest BCUT2D eigenvalue weighted by Gasteiger charge is -2.00. The Bertz CT molecular complexity index is 505. The molecule has 0 unspecified atom stereocenters. The molecule has 1 N–H and O–H groups in total. The number of benzene rings is 1. The Balaban J connectivity index is 2.11. The lowest BCUT2D eigenvalue weighted by atomic mass is 10.2. The number of nitrogens with one attached hydrogen (secondary N) is 1. The van der Waals surface area contributed by atoms with Gasteiger partial charge in [0.1, 0.15) is 0 Å². The second-order valence-electron chi connectivity index (χ2n) is 3.29. The largest absolute Gasteiger partial charge is 0.338 e. The molecular formula is C11H9BrN2O2. The van der Waals surface area contributed by atoms with E-state index in [9.17, 15) is 4.79 Å². The number of nitrogens with zero attached hydrogens (tertiary/aromatic N) is 1. The predicted octanol–water partition coefficient (Wildman–Crippen LogP) is 3.00. The van der Waals surface area contributed by atoms with Gasteiger partial charge in [0, 0.05) is 16.1 Å². The molecule has 0 saturated carbocycles. The van der Waals surface area contributed by atoms with Crippen LogP contribution in [-0.4, -0.2) is 11.1 Å². The molecule has 0 bridgehead atoms. The molecule has 0 saturated heterocycles. The van der Waals surface area contributed by atoms with E-state index in [-0.39, 0.29) is 5.91 Å². The van der Waals surface area contributed by atoms with Crippen LogP contribution in [0.4, 0.5) is 5.88 Å². The van der Waals surface area contributed by atoms with Gasteiger partial charge in [-0.25, -0.2) is 0 Å². The van der Waals surface area contributed by atoms with Gasteiger partial charge in [0.2, 0.25) is 5.88 Å². The van der Waals surface area contributed by atoms with Gasteiger partial charge in [-0.05, 0) is 31.2 Å². The monoisotopic (exact) mass is 280 g/mol. The van der Waals surface area contributed by atoms with Crippen LogP contribution in [0.2, 0.25) is 0 Å². The molecule has 0 aliphatic rings. The molecule has 0 spiro atoms. The molecule has 1 amide bonds. The number of anilines is 1. The van der Waals surface area contributed by atoms with Gasteiger partial charge in [0.05, 0.1) is 5.69 Å². The number of carbonyl (C=O) groups excluding carboxylic acids is 1. The average molecular weight is 281 g/mol. The molecule has 2 aromatic rings. The molecule has 0 radical (unpaired) electrons. The third-order valence-corrected chi connectivity index (χ3v) is 2.50. The summed E-state index contributed by atoms with van der Waals surface area (Å²) < 4.78 is 5.82. The van der Waals surface area contributed by atoms with Gasteiger partial charge in [0.25, 0.3) is 5.91 Å². The van der Waals surface area contributed by atoms with Gasteiger partial charge in [0.15, 0.2) is 0 Å². The first-order valence-electron chi connectivity index (χ1n) is 4.65. The molecule has 1 aromatic carbocycles. The molecule has 16 heavy (non-hydrogen) atoms. The molecule has 0 aliphatic heterocycles. The highest BCUT2D eigenvalue weighted by Crippen LogP contribution is 2.13. The standard InChI is InChI=1S/C11H9BrN2O2/c1-7-6-10(16-14-7)13-11(15)8-2-4-9(12)5-3-8/h2-6H,1H3,(H,13,15). The van der Waals surface area contributed by atoms with Crippen molar-refractivity contribution in [2.75, 3.05) is 5.32 Å². The number of carbonyl (C=O) groups is 1. The fraction of sp³-hybridized carbons (Fsp3) is 0.0909. The van der Waals surface area contributed by atoms with E-state index in [0.29, 0.717) is 11.4 Å². The van der Waals surface area contributed by atoms with Crippen molar-refractivity contribution < 1.29 is 9.32 Å². The van der Waals surface area contributed by atoms with Crippen LogP contribution in [0, 0.1) is 6.92 Å². The summed E-state index contributed by atoms with van der Waals surface area (Å²) in [6.07, 6.45) is 0. The molecule has 0 aliphatic carbocycles. The molecule has 82 valence electrons. The lowest BCUT2D eigenvalue weighted by molar-refractivity contribution is 0.102. The van der Waals surface area contributed by atoms with Crippen molar-refractivity contribution in [3.63, 3.8) is 0 Å². The second-order valence-corrected chi connectivity index (χ2v) is 4.21. The number of amides is 1. The Kier molecular flexibility index (Phi) is 3.05. The summed E-state index contributed by atoms with van der Waals surface area (Å²) >= 11 is 3.30. The second kappa shape index (κ2) is 4.49. The average Bonchev–Trinajstić information content (AvgIpc) is 2.65. The first-order valence-corrected chi connectivity index (χ1v) is 5.45. The molecule has 5 heteroatoms. The number of halogens is 1. The first kappa shape index (κ1) is 10.9. The van der Waals surface area contributed by atoms with Crippen LogP contribution in [-0.2, 0) is 0 Å². The van der Waals surface area contributed by atoms with Crippen molar-refractivity contribution in [3.05, 3.63) is 46.1 Å². The summed E-state index contributed by atoms with van der Waals surface area (Å²) in [5.41, 5.74) is 1.29. The highest BCUT2D eigenvalue weighted by atomic mass is 79.9. The van der Waals surface area contributed by atoms with Crippen LogP contribution in [0.1, 0.15) is 16.1 Å². The number of hydrogen-bond acceptors (Lipinski definition) is 3. The third-order valence-electron chi connectivity index (χ3n) is 1.97. The van der Waals surface area contributed by atoms with Crippen molar-refractivity contribution in [1.82, 2.24) is 5.16 Å². The fourth-order valence-corrected chi connectivity index (χ4v) is 1.47. The quantitative estimate of drug-likeness (QED) is 0.920. The van der Waals surface area contributed by atoms with Crippen LogP contribution >= 0.6 is 15.9 Å². The van der Waals surface area contributed by atoms with Crippen LogP contribution < -0.4 is 5.32 Å². The maximum atomic E-state index is 11.7. The van der Waals surface area contributed by atoms with E-state index in [1.807, 2.05) is 0 Å². The van der Waals surface area contributed by atoms with E-state index in [4.69, 9.17) is 4.52 Å². The van der Waals surface area contributed by atoms with E-state index in [1.54, 1.807) is 37.3 Å². The van der Waals surface area contributed by atoms with Gasteiger partial charge in [-0.3, -0.25) is 10.1 Å². The summed E-state index contributed by atoms with van der Waals surface area (Å²) in [5, 5.41) is 6.30. The Labute approximate surface area is 101 Å². The first-order chi connectivity index (χ1) is 7.65. The molecule has 2 rings (SSSR count). The van der Waals surface area contributed by atoms with Gasteiger partial charge >= 0.3 is 0 Å². The fourth-order valence-electron chi connectivity index (χ4n) is 1.21. The molecule has 0 fully saturated rings. The van der Waals surface area contributed by atoms with Gasteiger partial charge in [-0.2, -0.15) is 0 Å². The maximum Gasteiger partial charge on any atom is 0.258 e. The van der Waals surface area contributed by atoms with Crippen LogP contribution in [0.25, 0.3) is 0 Å². The zero-order valence-corrected chi connectivity index (χ0v) is 10.1. The molecule has 1 aromatic heterocycles. The Morgan fingerprint density at radius 3 is 2.62 bits per heavy atom. The molecular weight excluding hydrogens is 272 g/mol. The van der Waals surface area contributed by atoms with Gasteiger partial charge in [-0.15, -0.1) is 0 Å². The number of aryl methyl sites for hydroxylation is 1. The summed E-state index contributed by atoms with van der Waals surface area (Å²) in [4.78, 5) is 11.7. The number of hydrogen-bond donors (Lipinski definition) is 1. The van der Waals surface area contributed by atoms with E-state index in [1.165, 1.54) is 0 Å². The summed E-state index contributed by atoms with van der Waals surface area (Å²) in [6, 6.07) is 8.73. The Morgan fingerprint density at radius 1 is 1.38 bits per heavy atom. The third kappa shape index (κ3) is 2.49. The molecule has 0 atom stereocenters. The van der Waals surface area contributed by atoms with Crippen molar-refractivity contribution in [2.45, 2.75) is 6.92 Å². The summed E-state index contributed by atoms with van der Waals surface area (Å²) in [6.45, 7) is 1.79. The smallest absolute Gasteiger partial charge is 0.258 e. The van der Waals surface area contributed by atoms with Crippen molar-refractivity contribution >= 4 is 27.7 Å². The highest BCUT2D eigenvalue weighted by Gasteiger charge is 2.08. The Hall–Kier alpha value is -1.62. The van der Waals surface area contributed by atoms with Gasteiger partial charge in [-0.1, -0.05) is 21.1 Å². The number of rotatable bonds is 2. The number of aromatic nitrogens is 1. The highest BCUT2D eigenvalue weighted by molar-refractivity contribution is 9.10. The lowest BCUT2D eigenvalue weighted by Crippen LogP contribution is -2.10. The maximum absolute atomic E-state index is 11.7. The zero-order valence-electron chi connectivity index (χ0n) is 8.53. The van der Waals surface area contributed by atoms with Crippen molar-refractivity contribution in [3.8, 4) is 0 Å². The van der Waals surface area contributed by atoms with Crippen molar-refractivity contribution in [2.24, 2.45) is 0 Å². The van der Waals surface area contributed by atoms with Gasteiger partial charge < -0.3 is 4.52 Å². The minimum atomic E-state index is -0.219. The van der Waals surface area contributed by atoms with E-state index >= 15 is 0 Å². The predicted molar refractivity (Wildman–Crippen MR) is 63.3 cm³/mol. The van der Waals surface area contributed by atoms with E-state index in [2.05, 4.69) is 26.4 Å². The Morgan fingerprint density at radius 2 is 2.06 bits per heavy atom. The van der Waals surface area contributed by atoms with Crippen molar-refractivity contribution in [1.29, 1.82) is 0 Å².